The van der Waals surface area contributed by atoms with Gasteiger partial charge in [-0.2, -0.15) is 5.10 Å². The molecule has 4 rings (SSSR count). The van der Waals surface area contributed by atoms with Crippen LogP contribution in [0.1, 0.15) is 10.6 Å². The molecule has 0 bridgehead atoms. The molecule has 1 amide bonds. The number of thiophene rings is 1. The first-order valence-corrected chi connectivity index (χ1v) is 10.3. The van der Waals surface area contributed by atoms with Gasteiger partial charge in [0.05, 0.1) is 25.0 Å². The zero-order valence-corrected chi connectivity index (χ0v) is 16.5. The molecule has 0 unspecified atom stereocenters. The Kier molecular flexibility index (Phi) is 6.11. The highest BCUT2D eigenvalue weighted by Gasteiger charge is 2.20. The van der Waals surface area contributed by atoms with Gasteiger partial charge in [0.25, 0.3) is 0 Å². The molecule has 0 spiro atoms. The van der Waals surface area contributed by atoms with Crippen LogP contribution in [0.25, 0.3) is 0 Å². The van der Waals surface area contributed by atoms with E-state index in [1.165, 1.54) is 4.88 Å². The molecule has 8 heteroatoms. The summed E-state index contributed by atoms with van der Waals surface area (Å²) in [6.07, 6.45) is 3.55. The molecule has 4 heterocycles. The van der Waals surface area contributed by atoms with Gasteiger partial charge in [0, 0.05) is 49.9 Å². The van der Waals surface area contributed by atoms with Crippen molar-refractivity contribution in [2.24, 2.45) is 0 Å². The lowest BCUT2D eigenvalue weighted by Crippen LogP contribution is -2.48. The monoisotopic (exact) mass is 396 g/mol. The van der Waals surface area contributed by atoms with Gasteiger partial charge in [-0.3, -0.25) is 19.6 Å². The van der Waals surface area contributed by atoms with Crippen LogP contribution < -0.4 is 5.32 Å². The lowest BCUT2D eigenvalue weighted by Gasteiger charge is -2.34. The quantitative estimate of drug-likeness (QED) is 0.663. The number of hydrogen-bond donors (Lipinski definition) is 1. The number of rotatable bonds is 7. The number of anilines is 1. The summed E-state index contributed by atoms with van der Waals surface area (Å²) in [4.78, 5) is 22.7. The summed E-state index contributed by atoms with van der Waals surface area (Å²) in [6, 6.07) is 12.0. The molecule has 0 saturated carbocycles. The summed E-state index contributed by atoms with van der Waals surface area (Å²) in [5.41, 5.74) is 1.09. The molecular weight excluding hydrogens is 372 g/mol. The van der Waals surface area contributed by atoms with Gasteiger partial charge < -0.3 is 5.32 Å². The second-order valence-electron chi connectivity index (χ2n) is 6.88. The van der Waals surface area contributed by atoms with E-state index in [4.69, 9.17) is 0 Å². The second-order valence-corrected chi connectivity index (χ2v) is 7.91. The second kappa shape index (κ2) is 9.09. The Morgan fingerprint density at radius 3 is 2.61 bits per heavy atom. The summed E-state index contributed by atoms with van der Waals surface area (Å²) in [5.74, 6) is 0.748. The number of carbonyl (C=O) groups is 1. The van der Waals surface area contributed by atoms with Crippen LogP contribution in [-0.2, 0) is 17.9 Å². The summed E-state index contributed by atoms with van der Waals surface area (Å²) >= 11 is 1.69. The summed E-state index contributed by atoms with van der Waals surface area (Å²) in [6.45, 7) is 5.60. The Labute approximate surface area is 168 Å². The third-order valence-electron chi connectivity index (χ3n) is 4.81. The van der Waals surface area contributed by atoms with E-state index in [9.17, 15) is 4.79 Å². The molecule has 0 radical (unpaired) electrons. The van der Waals surface area contributed by atoms with Crippen LogP contribution in [0, 0.1) is 0 Å². The fraction of sp³-hybridized carbons (Fsp3) is 0.350. The average Bonchev–Trinajstić information content (AvgIpc) is 3.37. The summed E-state index contributed by atoms with van der Waals surface area (Å²) in [7, 11) is 0. The maximum Gasteiger partial charge on any atom is 0.239 e. The van der Waals surface area contributed by atoms with Crippen molar-refractivity contribution in [1.29, 1.82) is 0 Å². The highest BCUT2D eigenvalue weighted by molar-refractivity contribution is 7.09. The van der Waals surface area contributed by atoms with E-state index in [1.807, 2.05) is 40.5 Å². The Hall–Kier alpha value is -2.55. The Morgan fingerprint density at radius 2 is 1.86 bits per heavy atom. The standard InChI is InChI=1S/C20H24N6OS/c27-20(23-19-6-8-22-26(19)15-18-5-3-13-28-18)16-25-11-9-24(10-12-25)14-17-4-1-2-7-21-17/h1-8,13H,9-12,14-16H2,(H,23,27). The number of piperazine rings is 1. The first-order chi connectivity index (χ1) is 13.8. The Bertz CT molecular complexity index is 871. The zero-order chi connectivity index (χ0) is 19.2. The minimum absolute atomic E-state index is 0.00565. The molecule has 1 fully saturated rings. The number of nitrogens with one attached hydrogen (secondary N) is 1. The van der Waals surface area contributed by atoms with Crippen molar-refractivity contribution < 1.29 is 4.79 Å². The molecule has 3 aromatic rings. The molecule has 146 valence electrons. The third-order valence-corrected chi connectivity index (χ3v) is 5.67. The van der Waals surface area contributed by atoms with E-state index in [2.05, 4.69) is 37.3 Å². The van der Waals surface area contributed by atoms with E-state index < -0.39 is 0 Å². The van der Waals surface area contributed by atoms with E-state index in [0.717, 1.165) is 44.2 Å². The molecule has 28 heavy (non-hydrogen) atoms. The third kappa shape index (κ3) is 5.03. The minimum Gasteiger partial charge on any atom is -0.310 e. The number of carbonyl (C=O) groups excluding carboxylic acids is 1. The molecule has 3 aromatic heterocycles. The molecule has 1 N–H and O–H groups in total. The van der Waals surface area contributed by atoms with Crippen molar-refractivity contribution in [3.8, 4) is 0 Å². The van der Waals surface area contributed by atoms with Crippen molar-refractivity contribution >= 4 is 23.1 Å². The number of hydrogen-bond acceptors (Lipinski definition) is 6. The van der Waals surface area contributed by atoms with E-state index in [-0.39, 0.29) is 5.91 Å². The molecule has 0 atom stereocenters. The highest BCUT2D eigenvalue weighted by Crippen LogP contribution is 2.14. The van der Waals surface area contributed by atoms with E-state index in [1.54, 1.807) is 17.5 Å². The SMILES string of the molecule is O=C(CN1CCN(Cc2ccccn2)CC1)Nc1ccnn1Cc1cccs1. The van der Waals surface area contributed by atoms with Gasteiger partial charge >= 0.3 is 0 Å². The highest BCUT2D eigenvalue weighted by atomic mass is 32.1. The van der Waals surface area contributed by atoms with Crippen molar-refractivity contribution in [2.75, 3.05) is 38.0 Å². The van der Waals surface area contributed by atoms with Crippen LogP contribution in [0.15, 0.2) is 54.2 Å². The fourth-order valence-electron chi connectivity index (χ4n) is 3.33. The normalized spacial score (nSPS) is 15.6. The van der Waals surface area contributed by atoms with Gasteiger partial charge in [-0.05, 0) is 23.6 Å². The fourth-order valence-corrected chi connectivity index (χ4v) is 4.01. The van der Waals surface area contributed by atoms with Crippen LogP contribution in [-0.4, -0.2) is 63.2 Å². The average molecular weight is 397 g/mol. The number of amides is 1. The topological polar surface area (TPSA) is 66.3 Å². The van der Waals surface area contributed by atoms with Crippen molar-refractivity contribution in [2.45, 2.75) is 13.1 Å². The number of nitrogens with zero attached hydrogens (tertiary/aromatic N) is 5. The Balaban J connectivity index is 1.24. The van der Waals surface area contributed by atoms with Crippen molar-refractivity contribution in [1.82, 2.24) is 24.6 Å². The lowest BCUT2D eigenvalue weighted by molar-refractivity contribution is -0.117. The molecular formula is C20H24N6OS. The van der Waals surface area contributed by atoms with E-state index in [0.29, 0.717) is 13.1 Å². The minimum atomic E-state index is 0.00565. The molecule has 0 aromatic carbocycles. The van der Waals surface area contributed by atoms with Gasteiger partial charge in [-0.25, -0.2) is 4.68 Å². The van der Waals surface area contributed by atoms with Crippen LogP contribution in [0.2, 0.25) is 0 Å². The largest absolute Gasteiger partial charge is 0.310 e. The van der Waals surface area contributed by atoms with Crippen LogP contribution in [0.4, 0.5) is 5.82 Å². The molecule has 7 nitrogen and oxygen atoms in total. The first kappa shape index (κ1) is 18.8. The van der Waals surface area contributed by atoms with Gasteiger partial charge in [0.15, 0.2) is 0 Å². The van der Waals surface area contributed by atoms with Gasteiger partial charge in [-0.1, -0.05) is 12.1 Å². The first-order valence-electron chi connectivity index (χ1n) is 9.45. The predicted octanol–water partition coefficient (Wildman–Crippen LogP) is 2.14. The van der Waals surface area contributed by atoms with Crippen LogP contribution in [0.5, 0.6) is 0 Å². The van der Waals surface area contributed by atoms with E-state index >= 15 is 0 Å². The molecule has 1 aliphatic heterocycles. The number of aromatic nitrogens is 3. The maximum absolute atomic E-state index is 12.5. The lowest BCUT2D eigenvalue weighted by atomic mass is 10.2. The molecule has 0 aliphatic carbocycles. The predicted molar refractivity (Wildman–Crippen MR) is 110 cm³/mol. The van der Waals surface area contributed by atoms with Gasteiger partial charge in [0.1, 0.15) is 5.82 Å². The van der Waals surface area contributed by atoms with Gasteiger partial charge in [-0.15, -0.1) is 11.3 Å². The van der Waals surface area contributed by atoms with Crippen LogP contribution >= 0.6 is 11.3 Å². The van der Waals surface area contributed by atoms with Crippen LogP contribution in [0.3, 0.4) is 0 Å². The maximum atomic E-state index is 12.5. The number of pyridine rings is 1. The van der Waals surface area contributed by atoms with Gasteiger partial charge in [0.2, 0.25) is 5.91 Å². The van der Waals surface area contributed by atoms with Crippen molar-refractivity contribution in [3.05, 3.63) is 64.7 Å². The molecule has 1 aliphatic rings. The zero-order valence-electron chi connectivity index (χ0n) is 15.7. The molecule has 1 saturated heterocycles. The summed E-state index contributed by atoms with van der Waals surface area (Å²) < 4.78 is 1.83. The summed E-state index contributed by atoms with van der Waals surface area (Å²) in [5, 5.41) is 9.37. The Morgan fingerprint density at radius 1 is 1.00 bits per heavy atom. The smallest absolute Gasteiger partial charge is 0.239 e. The van der Waals surface area contributed by atoms with Crippen molar-refractivity contribution in [3.63, 3.8) is 0 Å².